The fourth-order valence-corrected chi connectivity index (χ4v) is 4.12. The maximum Gasteiger partial charge on any atom is 0.341 e. The molecule has 0 fully saturated rings. The van der Waals surface area contributed by atoms with Crippen molar-refractivity contribution in [2.45, 2.75) is 17.5 Å². The summed E-state index contributed by atoms with van der Waals surface area (Å²) in [4.78, 5) is 16.1. The van der Waals surface area contributed by atoms with E-state index in [-0.39, 0.29) is 16.5 Å². The highest BCUT2D eigenvalue weighted by molar-refractivity contribution is 7.90. The Balaban J connectivity index is 1.88. The number of ether oxygens (including phenoxy) is 2. The number of carbonyl (C=O) groups excluding carboxylic acids is 1. The number of carbonyl (C=O) groups is 1. The molecule has 9 heteroatoms. The Morgan fingerprint density at radius 3 is 2.47 bits per heavy atom. The minimum absolute atomic E-state index is 0.119. The van der Waals surface area contributed by atoms with Gasteiger partial charge in [0.25, 0.3) is 5.16 Å². The lowest BCUT2D eigenvalue weighted by Gasteiger charge is -2.11. The van der Waals surface area contributed by atoms with Gasteiger partial charge in [0.1, 0.15) is 11.9 Å². The van der Waals surface area contributed by atoms with Crippen molar-refractivity contribution in [2.24, 2.45) is 0 Å². The van der Waals surface area contributed by atoms with Crippen LogP contribution >= 0.6 is 0 Å². The van der Waals surface area contributed by atoms with Crippen LogP contribution in [-0.4, -0.2) is 43.4 Å². The highest BCUT2D eigenvalue weighted by Crippen LogP contribution is 2.24. The predicted octanol–water partition coefficient (Wildman–Crippen LogP) is 2.46. The number of aromatic nitrogens is 3. The van der Waals surface area contributed by atoms with Crippen molar-refractivity contribution in [3.63, 3.8) is 0 Å². The number of hydrogen-bond acceptors (Lipinski definition) is 7. The highest BCUT2D eigenvalue weighted by Gasteiger charge is 2.24. The lowest BCUT2D eigenvalue weighted by molar-refractivity contribution is -0.133. The van der Waals surface area contributed by atoms with Gasteiger partial charge in [0.15, 0.2) is 0 Å². The van der Waals surface area contributed by atoms with Crippen LogP contribution < -0.4 is 0 Å². The lowest BCUT2D eigenvalue weighted by Crippen LogP contribution is -2.12. The summed E-state index contributed by atoms with van der Waals surface area (Å²) in [5, 5.41) is 3.85. The molecule has 0 aliphatic rings. The monoisotopic (exact) mass is 427 g/mol. The van der Waals surface area contributed by atoms with E-state index in [1.807, 2.05) is 30.3 Å². The minimum Gasteiger partial charge on any atom is -0.503 e. The molecule has 0 atom stereocenters. The standard InChI is InChI=1S/C21H21N3O5S/c1-28-13-19(20(25)29-2)18-11-7-6-10-17(18)14-30(26,27)21-22-15-24(23-21)12-16-8-4-3-5-9-16/h3-11,13,15H,12,14H2,1-2H3/b19-13-. The van der Waals surface area contributed by atoms with Crippen LogP contribution in [0.2, 0.25) is 0 Å². The second-order valence-corrected chi connectivity index (χ2v) is 8.27. The Hall–Kier alpha value is -3.46. The smallest absolute Gasteiger partial charge is 0.341 e. The van der Waals surface area contributed by atoms with Crippen molar-refractivity contribution >= 4 is 21.4 Å². The van der Waals surface area contributed by atoms with Gasteiger partial charge in [0.05, 0.1) is 32.8 Å². The Morgan fingerprint density at radius 2 is 1.77 bits per heavy atom. The molecule has 0 saturated heterocycles. The Kier molecular flexibility index (Phi) is 6.63. The molecule has 30 heavy (non-hydrogen) atoms. The second kappa shape index (κ2) is 9.36. The third kappa shape index (κ3) is 4.93. The van der Waals surface area contributed by atoms with Crippen LogP contribution in [0.15, 0.2) is 72.3 Å². The van der Waals surface area contributed by atoms with E-state index >= 15 is 0 Å². The molecule has 2 aromatic carbocycles. The van der Waals surface area contributed by atoms with Gasteiger partial charge in [-0.3, -0.25) is 0 Å². The molecule has 1 heterocycles. The Morgan fingerprint density at radius 1 is 1.07 bits per heavy atom. The van der Waals surface area contributed by atoms with Crippen LogP contribution in [0.1, 0.15) is 16.7 Å². The van der Waals surface area contributed by atoms with Gasteiger partial charge in [0.2, 0.25) is 9.84 Å². The summed E-state index contributed by atoms with van der Waals surface area (Å²) in [6.45, 7) is 0.406. The maximum atomic E-state index is 12.9. The van der Waals surface area contributed by atoms with Crippen molar-refractivity contribution in [3.05, 3.63) is 83.9 Å². The van der Waals surface area contributed by atoms with Crippen molar-refractivity contribution < 1.29 is 22.7 Å². The molecule has 156 valence electrons. The highest BCUT2D eigenvalue weighted by atomic mass is 32.2. The number of benzene rings is 2. The van der Waals surface area contributed by atoms with E-state index < -0.39 is 15.8 Å². The van der Waals surface area contributed by atoms with Gasteiger partial charge in [-0.05, 0) is 16.7 Å². The molecule has 0 aliphatic carbocycles. The van der Waals surface area contributed by atoms with Crippen LogP contribution in [0, 0.1) is 0 Å². The molecule has 3 rings (SSSR count). The quantitative estimate of drug-likeness (QED) is 0.309. The zero-order chi connectivity index (χ0) is 21.6. The number of esters is 1. The number of sulfone groups is 1. The predicted molar refractivity (Wildman–Crippen MR) is 110 cm³/mol. The molecule has 0 spiro atoms. The van der Waals surface area contributed by atoms with E-state index in [9.17, 15) is 13.2 Å². The number of hydrogen-bond donors (Lipinski definition) is 0. The molecule has 3 aromatic rings. The van der Waals surface area contributed by atoms with Crippen LogP contribution in [0.3, 0.4) is 0 Å². The van der Waals surface area contributed by atoms with Crippen molar-refractivity contribution in [3.8, 4) is 0 Å². The Bertz CT molecular complexity index is 1150. The van der Waals surface area contributed by atoms with E-state index in [4.69, 9.17) is 9.47 Å². The topological polar surface area (TPSA) is 100 Å². The van der Waals surface area contributed by atoms with E-state index in [2.05, 4.69) is 10.1 Å². The van der Waals surface area contributed by atoms with Gasteiger partial charge in [-0.15, -0.1) is 5.10 Å². The van der Waals surface area contributed by atoms with Gasteiger partial charge < -0.3 is 9.47 Å². The van der Waals surface area contributed by atoms with E-state index in [0.717, 1.165) is 5.56 Å². The zero-order valence-corrected chi connectivity index (χ0v) is 17.4. The third-order valence-electron chi connectivity index (χ3n) is 4.28. The SMILES string of the molecule is CO/C=C(\C(=O)OC)c1ccccc1CS(=O)(=O)c1ncn(Cc2ccccc2)n1. The first-order valence-corrected chi connectivity index (χ1v) is 10.7. The number of rotatable bonds is 8. The molecular formula is C21H21N3O5S. The third-order valence-corrected chi connectivity index (χ3v) is 5.71. The average Bonchev–Trinajstić information content (AvgIpc) is 3.22. The molecule has 0 aliphatic heterocycles. The summed E-state index contributed by atoms with van der Waals surface area (Å²) in [6, 6.07) is 16.2. The normalized spacial score (nSPS) is 11.9. The van der Waals surface area contributed by atoms with Gasteiger partial charge in [0, 0.05) is 0 Å². The van der Waals surface area contributed by atoms with Gasteiger partial charge in [-0.2, -0.15) is 0 Å². The second-order valence-electron chi connectivity index (χ2n) is 6.39. The van der Waals surface area contributed by atoms with E-state index in [0.29, 0.717) is 17.7 Å². The van der Waals surface area contributed by atoms with E-state index in [1.54, 1.807) is 24.3 Å². The van der Waals surface area contributed by atoms with Gasteiger partial charge >= 0.3 is 5.97 Å². The molecule has 0 amide bonds. The van der Waals surface area contributed by atoms with Crippen molar-refractivity contribution in [1.29, 1.82) is 0 Å². The van der Waals surface area contributed by atoms with Crippen LogP contribution in [-0.2, 0) is 36.4 Å². The summed E-state index contributed by atoms with van der Waals surface area (Å²) in [5.41, 5.74) is 1.90. The number of methoxy groups -OCH3 is 2. The van der Waals surface area contributed by atoms with Crippen LogP contribution in [0.25, 0.3) is 5.57 Å². The first-order valence-electron chi connectivity index (χ1n) is 9.00. The summed E-state index contributed by atoms with van der Waals surface area (Å²) in [5.74, 6) is -1.01. The summed E-state index contributed by atoms with van der Waals surface area (Å²) in [7, 11) is -1.21. The van der Waals surface area contributed by atoms with Gasteiger partial charge in [-0.1, -0.05) is 54.6 Å². The summed E-state index contributed by atoms with van der Waals surface area (Å²) < 4.78 is 37.1. The lowest BCUT2D eigenvalue weighted by atomic mass is 10.0. The van der Waals surface area contributed by atoms with E-state index in [1.165, 1.54) is 31.5 Å². The Labute approximate surface area is 174 Å². The molecule has 0 N–H and O–H groups in total. The molecule has 8 nitrogen and oxygen atoms in total. The summed E-state index contributed by atoms with van der Waals surface area (Å²) >= 11 is 0. The van der Waals surface area contributed by atoms with Crippen molar-refractivity contribution in [1.82, 2.24) is 14.8 Å². The van der Waals surface area contributed by atoms with Gasteiger partial charge in [-0.25, -0.2) is 22.9 Å². The summed E-state index contributed by atoms with van der Waals surface area (Å²) in [6.07, 6.45) is 2.61. The van der Waals surface area contributed by atoms with Crippen molar-refractivity contribution in [2.75, 3.05) is 14.2 Å². The zero-order valence-electron chi connectivity index (χ0n) is 16.6. The molecular weight excluding hydrogens is 406 g/mol. The molecule has 0 saturated carbocycles. The minimum atomic E-state index is -3.85. The first-order chi connectivity index (χ1) is 14.4. The van der Waals surface area contributed by atoms with Crippen LogP contribution in [0.4, 0.5) is 0 Å². The van der Waals surface area contributed by atoms with Crippen LogP contribution in [0.5, 0.6) is 0 Å². The maximum absolute atomic E-state index is 12.9. The average molecular weight is 427 g/mol. The largest absolute Gasteiger partial charge is 0.503 e. The fraction of sp³-hybridized carbons (Fsp3) is 0.190. The molecule has 0 unspecified atom stereocenters. The molecule has 0 bridgehead atoms. The first kappa shape index (κ1) is 21.3. The number of nitrogens with zero attached hydrogens (tertiary/aromatic N) is 3. The molecule has 1 aromatic heterocycles. The fourth-order valence-electron chi connectivity index (χ4n) is 2.89. The molecule has 0 radical (unpaired) electrons.